The second kappa shape index (κ2) is 10.8. The van der Waals surface area contributed by atoms with Crippen molar-refractivity contribution in [1.82, 2.24) is 4.90 Å². The minimum Gasteiger partial charge on any atom is -0.290 e. The molecule has 0 bridgehead atoms. The van der Waals surface area contributed by atoms with Gasteiger partial charge in [-0.25, -0.2) is 0 Å². The van der Waals surface area contributed by atoms with E-state index in [0.29, 0.717) is 0 Å². The Balaban J connectivity index is 0.000000320. The Morgan fingerprint density at radius 2 is 1.00 bits per heavy atom. The van der Waals surface area contributed by atoms with Crippen molar-refractivity contribution in [1.29, 1.82) is 0 Å². The molecule has 3 aromatic carbocycles. The zero-order valence-corrected chi connectivity index (χ0v) is 17.1. The van der Waals surface area contributed by atoms with Gasteiger partial charge < -0.3 is 0 Å². The summed E-state index contributed by atoms with van der Waals surface area (Å²) in [6.45, 7) is 4.73. The fourth-order valence-electron chi connectivity index (χ4n) is 4.43. The van der Waals surface area contributed by atoms with Crippen molar-refractivity contribution in [3.8, 4) is 0 Å². The third-order valence-electron chi connectivity index (χ3n) is 5.68. The molecule has 0 saturated carbocycles. The third kappa shape index (κ3) is 4.91. The van der Waals surface area contributed by atoms with Gasteiger partial charge in [0, 0.05) is 0 Å². The van der Waals surface area contributed by atoms with Crippen LogP contribution in [-0.4, -0.2) is 18.0 Å². The molecule has 0 atom stereocenters. The van der Waals surface area contributed by atoms with Gasteiger partial charge in [0.2, 0.25) is 0 Å². The van der Waals surface area contributed by atoms with Crippen LogP contribution in [0.25, 0.3) is 0 Å². The monoisotopic (exact) mass is 371 g/mol. The van der Waals surface area contributed by atoms with Gasteiger partial charge in [-0.3, -0.25) is 4.90 Å². The molecule has 1 saturated heterocycles. The summed E-state index contributed by atoms with van der Waals surface area (Å²) in [5, 5.41) is 0. The zero-order valence-electron chi connectivity index (χ0n) is 17.1. The average Bonchev–Trinajstić information content (AvgIpc) is 2.81. The molecule has 0 aliphatic carbocycles. The minimum absolute atomic E-state index is 0.0394. The zero-order chi connectivity index (χ0) is 19.5. The van der Waals surface area contributed by atoms with Crippen LogP contribution in [0.15, 0.2) is 97.1 Å². The summed E-state index contributed by atoms with van der Waals surface area (Å²) in [5.74, 6) is 0. The fraction of sp³-hybridized carbons (Fsp3) is 0.333. The first-order valence-electron chi connectivity index (χ1n) is 10.7. The molecule has 3 aromatic rings. The largest absolute Gasteiger partial charge is 0.290 e. The molecule has 0 radical (unpaired) electrons. The molecule has 4 rings (SSSR count). The Morgan fingerprint density at radius 3 is 1.39 bits per heavy atom. The molecule has 0 amide bonds. The standard InChI is InChI=1S/C21H27N.C6H6/c1-2-16-21(19-12-6-3-7-13-19,20-14-8-4-9-15-20)22-17-10-5-11-18-22;1-2-4-6-5-3-1/h3-4,6-9,12-15H,2,5,10-11,16-18H2,1H3;1-6H. The molecule has 1 heterocycles. The van der Waals surface area contributed by atoms with Crippen molar-refractivity contribution >= 4 is 0 Å². The smallest absolute Gasteiger partial charge is 0.0715 e. The van der Waals surface area contributed by atoms with Gasteiger partial charge >= 0.3 is 0 Å². The molecule has 146 valence electrons. The number of piperidine rings is 1. The Morgan fingerprint density at radius 1 is 0.607 bits per heavy atom. The van der Waals surface area contributed by atoms with Gasteiger partial charge in [-0.15, -0.1) is 0 Å². The van der Waals surface area contributed by atoms with Crippen LogP contribution >= 0.6 is 0 Å². The van der Waals surface area contributed by atoms with Gasteiger partial charge in [-0.05, 0) is 43.5 Å². The highest BCUT2D eigenvalue weighted by atomic mass is 15.2. The summed E-state index contributed by atoms with van der Waals surface area (Å²) in [5.41, 5.74) is 2.94. The first kappa shape index (κ1) is 20.4. The van der Waals surface area contributed by atoms with Crippen LogP contribution in [0.4, 0.5) is 0 Å². The lowest BCUT2D eigenvalue weighted by molar-refractivity contribution is 0.0878. The molecule has 1 fully saturated rings. The highest BCUT2D eigenvalue weighted by Crippen LogP contribution is 2.41. The van der Waals surface area contributed by atoms with Gasteiger partial charge in [-0.2, -0.15) is 0 Å². The van der Waals surface area contributed by atoms with Gasteiger partial charge in [-0.1, -0.05) is 117 Å². The van der Waals surface area contributed by atoms with E-state index in [1.54, 1.807) is 0 Å². The van der Waals surface area contributed by atoms with E-state index < -0.39 is 0 Å². The van der Waals surface area contributed by atoms with Crippen LogP contribution in [0, 0.1) is 0 Å². The first-order valence-corrected chi connectivity index (χ1v) is 10.7. The molecular formula is C27H33N. The Labute approximate surface area is 171 Å². The second-order valence-corrected chi connectivity index (χ2v) is 7.54. The van der Waals surface area contributed by atoms with Crippen molar-refractivity contribution in [3.05, 3.63) is 108 Å². The minimum atomic E-state index is 0.0394. The summed E-state index contributed by atoms with van der Waals surface area (Å²) >= 11 is 0. The second-order valence-electron chi connectivity index (χ2n) is 7.54. The molecule has 0 unspecified atom stereocenters. The average molecular weight is 372 g/mol. The number of likely N-dealkylation sites (tertiary alicyclic amines) is 1. The van der Waals surface area contributed by atoms with Crippen LogP contribution in [0.2, 0.25) is 0 Å². The normalized spacial score (nSPS) is 14.8. The third-order valence-corrected chi connectivity index (χ3v) is 5.68. The molecule has 1 heteroatoms. The lowest BCUT2D eigenvalue weighted by Gasteiger charge is -2.47. The Kier molecular flexibility index (Phi) is 7.87. The van der Waals surface area contributed by atoms with Crippen LogP contribution < -0.4 is 0 Å². The van der Waals surface area contributed by atoms with E-state index in [2.05, 4.69) is 72.5 Å². The van der Waals surface area contributed by atoms with Gasteiger partial charge in [0.15, 0.2) is 0 Å². The molecular weight excluding hydrogens is 338 g/mol. The van der Waals surface area contributed by atoms with E-state index in [1.165, 1.54) is 56.3 Å². The molecule has 1 aliphatic rings. The maximum atomic E-state index is 2.74. The van der Waals surface area contributed by atoms with Crippen molar-refractivity contribution in [2.75, 3.05) is 13.1 Å². The molecule has 0 aromatic heterocycles. The van der Waals surface area contributed by atoms with Crippen molar-refractivity contribution in [2.45, 2.75) is 44.6 Å². The van der Waals surface area contributed by atoms with E-state index in [9.17, 15) is 0 Å². The van der Waals surface area contributed by atoms with E-state index in [0.717, 1.165) is 0 Å². The topological polar surface area (TPSA) is 3.24 Å². The van der Waals surface area contributed by atoms with Gasteiger partial charge in [0.25, 0.3) is 0 Å². The number of nitrogens with zero attached hydrogens (tertiary/aromatic N) is 1. The number of hydrogen-bond donors (Lipinski definition) is 0. The van der Waals surface area contributed by atoms with Gasteiger partial charge in [0.05, 0.1) is 5.54 Å². The first-order chi connectivity index (χ1) is 13.9. The van der Waals surface area contributed by atoms with E-state index in [-0.39, 0.29) is 5.54 Å². The Hall–Kier alpha value is -2.38. The number of hydrogen-bond acceptors (Lipinski definition) is 1. The van der Waals surface area contributed by atoms with Crippen LogP contribution in [0.3, 0.4) is 0 Å². The summed E-state index contributed by atoms with van der Waals surface area (Å²) in [4.78, 5) is 2.74. The van der Waals surface area contributed by atoms with Crippen molar-refractivity contribution in [2.24, 2.45) is 0 Å². The van der Waals surface area contributed by atoms with Crippen molar-refractivity contribution < 1.29 is 0 Å². The lowest BCUT2D eigenvalue weighted by Crippen LogP contribution is -2.49. The maximum absolute atomic E-state index is 2.74. The summed E-state index contributed by atoms with van der Waals surface area (Å²) in [6, 6.07) is 34.3. The lowest BCUT2D eigenvalue weighted by atomic mass is 9.77. The van der Waals surface area contributed by atoms with E-state index in [1.807, 2.05) is 36.4 Å². The summed E-state index contributed by atoms with van der Waals surface area (Å²) in [6.07, 6.45) is 6.40. The van der Waals surface area contributed by atoms with E-state index >= 15 is 0 Å². The van der Waals surface area contributed by atoms with Crippen LogP contribution in [-0.2, 0) is 5.54 Å². The molecule has 28 heavy (non-hydrogen) atoms. The fourth-order valence-corrected chi connectivity index (χ4v) is 4.43. The Bertz CT molecular complexity index is 695. The summed E-state index contributed by atoms with van der Waals surface area (Å²) < 4.78 is 0. The number of benzene rings is 3. The number of rotatable bonds is 5. The maximum Gasteiger partial charge on any atom is 0.0715 e. The van der Waals surface area contributed by atoms with Crippen LogP contribution in [0.5, 0.6) is 0 Å². The predicted octanol–water partition coefficient (Wildman–Crippen LogP) is 6.90. The SMILES string of the molecule is CCCC(c1ccccc1)(c1ccccc1)N1CCCCC1.c1ccccc1. The van der Waals surface area contributed by atoms with Crippen molar-refractivity contribution in [3.63, 3.8) is 0 Å². The molecule has 1 nitrogen and oxygen atoms in total. The highest BCUT2D eigenvalue weighted by molar-refractivity contribution is 5.38. The quantitative estimate of drug-likeness (QED) is 0.471. The molecule has 0 N–H and O–H groups in total. The highest BCUT2D eigenvalue weighted by Gasteiger charge is 2.39. The van der Waals surface area contributed by atoms with Crippen LogP contribution in [0.1, 0.15) is 50.2 Å². The molecule has 0 spiro atoms. The molecule has 1 aliphatic heterocycles. The summed E-state index contributed by atoms with van der Waals surface area (Å²) in [7, 11) is 0. The van der Waals surface area contributed by atoms with Gasteiger partial charge in [0.1, 0.15) is 0 Å². The van der Waals surface area contributed by atoms with E-state index in [4.69, 9.17) is 0 Å². The predicted molar refractivity (Wildman–Crippen MR) is 120 cm³/mol.